The molecule has 0 spiro atoms. The fourth-order valence-corrected chi connectivity index (χ4v) is 2.62. The molecule has 1 amide bonds. The molecular weight excluding hydrogens is 248 g/mol. The first-order chi connectivity index (χ1) is 8.43. The number of primary amides is 1. The zero-order valence-electron chi connectivity index (χ0n) is 10.8. The Morgan fingerprint density at radius 1 is 1.44 bits per heavy atom. The van der Waals surface area contributed by atoms with Gasteiger partial charge in [0.25, 0.3) is 0 Å². The van der Waals surface area contributed by atoms with Gasteiger partial charge in [-0.3, -0.25) is 4.79 Å². The van der Waals surface area contributed by atoms with Gasteiger partial charge in [-0.2, -0.15) is 0 Å². The van der Waals surface area contributed by atoms with E-state index in [2.05, 4.69) is 19.2 Å². The summed E-state index contributed by atoms with van der Waals surface area (Å²) in [5.74, 6) is 0.198. The van der Waals surface area contributed by atoms with Crippen molar-refractivity contribution in [2.24, 2.45) is 11.7 Å². The number of nitrogens with two attached hydrogens (primary N) is 1. The normalized spacial score (nSPS) is 22.2. The number of hydrogen-bond donors (Lipinski definition) is 2. The van der Waals surface area contributed by atoms with Crippen molar-refractivity contribution in [2.75, 3.05) is 6.54 Å². The Kier molecular flexibility index (Phi) is 3.64. The van der Waals surface area contributed by atoms with Gasteiger partial charge in [-0.05, 0) is 35.7 Å². The number of halogens is 1. The van der Waals surface area contributed by atoms with E-state index < -0.39 is 5.54 Å². The van der Waals surface area contributed by atoms with Crippen molar-refractivity contribution in [2.45, 2.75) is 32.2 Å². The molecule has 0 aromatic heterocycles. The van der Waals surface area contributed by atoms with E-state index in [1.165, 1.54) is 0 Å². The maximum atomic E-state index is 11.8. The lowest BCUT2D eigenvalue weighted by Gasteiger charge is -2.27. The number of hydrogen-bond acceptors (Lipinski definition) is 2. The summed E-state index contributed by atoms with van der Waals surface area (Å²) in [7, 11) is 0. The quantitative estimate of drug-likeness (QED) is 0.875. The molecule has 1 aliphatic carbocycles. The van der Waals surface area contributed by atoms with Crippen LogP contribution in [0.25, 0.3) is 0 Å². The number of benzene rings is 1. The Morgan fingerprint density at radius 3 is 2.72 bits per heavy atom. The number of carbonyl (C=O) groups excluding carboxylic acids is 1. The molecule has 3 N–H and O–H groups in total. The van der Waals surface area contributed by atoms with Crippen LogP contribution >= 0.6 is 11.6 Å². The van der Waals surface area contributed by atoms with Crippen molar-refractivity contribution in [1.29, 1.82) is 0 Å². The van der Waals surface area contributed by atoms with E-state index in [1.807, 2.05) is 18.2 Å². The van der Waals surface area contributed by atoms with Crippen molar-refractivity contribution in [3.8, 4) is 0 Å². The summed E-state index contributed by atoms with van der Waals surface area (Å²) in [5.41, 5.74) is 7.24. The Morgan fingerprint density at radius 2 is 2.11 bits per heavy atom. The Labute approximate surface area is 113 Å². The van der Waals surface area contributed by atoms with Crippen LogP contribution in [0.15, 0.2) is 18.2 Å². The Balaban J connectivity index is 2.24. The van der Waals surface area contributed by atoms with Gasteiger partial charge in [0.2, 0.25) is 5.91 Å². The van der Waals surface area contributed by atoms with Crippen LogP contribution in [0.5, 0.6) is 0 Å². The fourth-order valence-electron chi connectivity index (χ4n) is 2.43. The summed E-state index contributed by atoms with van der Waals surface area (Å²) in [4.78, 5) is 11.8. The summed E-state index contributed by atoms with van der Waals surface area (Å²) in [6.07, 6.45) is 1.28. The molecule has 3 nitrogen and oxygen atoms in total. The zero-order valence-corrected chi connectivity index (χ0v) is 11.6. The van der Waals surface area contributed by atoms with E-state index in [1.54, 1.807) is 0 Å². The third-order valence-electron chi connectivity index (χ3n) is 3.47. The minimum Gasteiger partial charge on any atom is -0.368 e. The second-order valence-corrected chi connectivity index (χ2v) is 5.92. The van der Waals surface area contributed by atoms with Gasteiger partial charge in [-0.15, -0.1) is 0 Å². The van der Waals surface area contributed by atoms with Crippen molar-refractivity contribution < 1.29 is 4.79 Å². The summed E-state index contributed by atoms with van der Waals surface area (Å²) in [6.45, 7) is 5.01. The average molecular weight is 267 g/mol. The molecule has 0 fully saturated rings. The van der Waals surface area contributed by atoms with Crippen LogP contribution in [0.2, 0.25) is 5.02 Å². The summed E-state index contributed by atoms with van der Waals surface area (Å²) < 4.78 is 0. The van der Waals surface area contributed by atoms with Crippen molar-refractivity contribution >= 4 is 17.5 Å². The topological polar surface area (TPSA) is 55.1 Å². The first kappa shape index (κ1) is 13.4. The van der Waals surface area contributed by atoms with Crippen LogP contribution in [0.3, 0.4) is 0 Å². The first-order valence-electron chi connectivity index (χ1n) is 6.25. The predicted octanol–water partition coefficient (Wildman–Crippen LogP) is 1.91. The molecule has 1 aliphatic rings. The standard InChI is InChI=1S/C14H19ClN2O/c1-9(2)8-17-14(13(16)18)6-10-3-4-12(15)5-11(10)7-14/h3-5,9,17H,6-8H2,1-2H3,(H2,16,18). The highest BCUT2D eigenvalue weighted by molar-refractivity contribution is 6.30. The lowest BCUT2D eigenvalue weighted by Crippen LogP contribution is -2.57. The van der Waals surface area contributed by atoms with Gasteiger partial charge in [-0.25, -0.2) is 0 Å². The van der Waals surface area contributed by atoms with Gasteiger partial charge < -0.3 is 11.1 Å². The number of rotatable bonds is 4. The molecule has 0 saturated heterocycles. The highest BCUT2D eigenvalue weighted by atomic mass is 35.5. The van der Waals surface area contributed by atoms with Crippen LogP contribution < -0.4 is 11.1 Å². The highest BCUT2D eigenvalue weighted by Gasteiger charge is 2.42. The van der Waals surface area contributed by atoms with E-state index in [9.17, 15) is 4.79 Å². The number of fused-ring (bicyclic) bond motifs is 1. The zero-order chi connectivity index (χ0) is 13.3. The third kappa shape index (κ3) is 2.52. The van der Waals surface area contributed by atoms with E-state index >= 15 is 0 Å². The largest absolute Gasteiger partial charge is 0.368 e. The van der Waals surface area contributed by atoms with E-state index in [0.29, 0.717) is 23.8 Å². The van der Waals surface area contributed by atoms with Crippen LogP contribution in [0, 0.1) is 5.92 Å². The molecule has 1 atom stereocenters. The molecule has 1 unspecified atom stereocenters. The van der Waals surface area contributed by atoms with Crippen molar-refractivity contribution in [1.82, 2.24) is 5.32 Å². The molecule has 0 saturated carbocycles. The van der Waals surface area contributed by atoms with Gasteiger partial charge in [0.15, 0.2) is 0 Å². The smallest absolute Gasteiger partial charge is 0.238 e. The molecule has 1 aromatic carbocycles. The molecule has 0 bridgehead atoms. The van der Waals surface area contributed by atoms with E-state index in [-0.39, 0.29) is 5.91 Å². The fraction of sp³-hybridized carbons (Fsp3) is 0.500. The minimum absolute atomic E-state index is 0.282. The van der Waals surface area contributed by atoms with Gasteiger partial charge in [-0.1, -0.05) is 31.5 Å². The monoisotopic (exact) mass is 266 g/mol. The summed E-state index contributed by atoms with van der Waals surface area (Å²) >= 11 is 5.99. The maximum absolute atomic E-state index is 11.8. The lowest BCUT2D eigenvalue weighted by atomic mass is 9.94. The van der Waals surface area contributed by atoms with Gasteiger partial charge >= 0.3 is 0 Å². The van der Waals surface area contributed by atoms with Crippen molar-refractivity contribution in [3.63, 3.8) is 0 Å². The molecule has 18 heavy (non-hydrogen) atoms. The second-order valence-electron chi connectivity index (χ2n) is 5.49. The van der Waals surface area contributed by atoms with E-state index in [0.717, 1.165) is 17.7 Å². The number of carbonyl (C=O) groups is 1. The molecule has 0 radical (unpaired) electrons. The van der Waals surface area contributed by atoms with Gasteiger partial charge in [0.1, 0.15) is 5.54 Å². The number of amides is 1. The highest BCUT2D eigenvalue weighted by Crippen LogP contribution is 2.32. The molecule has 2 rings (SSSR count). The van der Waals surface area contributed by atoms with Crippen LogP contribution in [-0.2, 0) is 17.6 Å². The maximum Gasteiger partial charge on any atom is 0.238 e. The molecular formula is C14H19ClN2O. The molecule has 98 valence electrons. The van der Waals surface area contributed by atoms with Crippen LogP contribution in [0.4, 0.5) is 0 Å². The molecule has 0 aliphatic heterocycles. The Hall–Kier alpha value is -1.06. The van der Waals surface area contributed by atoms with Gasteiger partial charge in [0.05, 0.1) is 0 Å². The molecule has 4 heteroatoms. The minimum atomic E-state index is -0.642. The SMILES string of the molecule is CC(C)CNC1(C(N)=O)Cc2ccc(Cl)cc2C1. The van der Waals surface area contributed by atoms with Gasteiger partial charge in [0, 0.05) is 17.9 Å². The predicted molar refractivity (Wildman–Crippen MR) is 73.6 cm³/mol. The number of nitrogens with one attached hydrogen (secondary N) is 1. The lowest BCUT2D eigenvalue weighted by molar-refractivity contribution is -0.124. The summed E-state index contributed by atoms with van der Waals surface area (Å²) in [6, 6.07) is 5.78. The Bertz CT molecular complexity index is 473. The van der Waals surface area contributed by atoms with E-state index in [4.69, 9.17) is 17.3 Å². The molecule has 1 aromatic rings. The van der Waals surface area contributed by atoms with Crippen LogP contribution in [0.1, 0.15) is 25.0 Å². The molecule has 0 heterocycles. The van der Waals surface area contributed by atoms with Crippen LogP contribution in [-0.4, -0.2) is 18.0 Å². The van der Waals surface area contributed by atoms with Crippen molar-refractivity contribution in [3.05, 3.63) is 34.3 Å². The third-order valence-corrected chi connectivity index (χ3v) is 3.71. The first-order valence-corrected chi connectivity index (χ1v) is 6.63. The second kappa shape index (κ2) is 4.90. The summed E-state index contributed by atoms with van der Waals surface area (Å²) in [5, 5.41) is 4.05. The average Bonchev–Trinajstić information content (AvgIpc) is 2.65.